The summed E-state index contributed by atoms with van der Waals surface area (Å²) in [6.45, 7) is 3.64. The molecule has 11 heteroatoms. The number of ether oxygens (including phenoxy) is 2. The molecule has 1 saturated carbocycles. The quantitative estimate of drug-likeness (QED) is 0.492. The van der Waals surface area contributed by atoms with E-state index in [1.807, 2.05) is 13.8 Å². The minimum Gasteiger partial charge on any atom is -0.494 e. The molecule has 0 saturated heterocycles. The molecule has 0 radical (unpaired) electrons. The number of hydrogen-bond donors (Lipinski definition) is 2. The molecular formula is C22H24ClN5O4S. The molecule has 3 aromatic heterocycles. The summed E-state index contributed by atoms with van der Waals surface area (Å²) in [6, 6.07) is 3.43. The van der Waals surface area contributed by atoms with Crippen molar-refractivity contribution >= 4 is 34.0 Å². The highest BCUT2D eigenvalue weighted by Crippen LogP contribution is 2.35. The lowest BCUT2D eigenvalue weighted by molar-refractivity contribution is -0.0235. The Morgan fingerprint density at radius 1 is 1.27 bits per heavy atom. The third-order valence-corrected chi connectivity index (χ3v) is 6.37. The number of carbonyl (C=O) groups is 1. The van der Waals surface area contributed by atoms with Crippen molar-refractivity contribution in [1.82, 2.24) is 20.2 Å². The van der Waals surface area contributed by atoms with E-state index in [0.717, 1.165) is 36.3 Å². The summed E-state index contributed by atoms with van der Waals surface area (Å²) in [6.07, 6.45) is 5.87. The van der Waals surface area contributed by atoms with Crippen LogP contribution in [0.2, 0.25) is 5.15 Å². The van der Waals surface area contributed by atoms with Crippen molar-refractivity contribution in [2.24, 2.45) is 0 Å². The van der Waals surface area contributed by atoms with Crippen LogP contribution in [-0.4, -0.2) is 50.0 Å². The van der Waals surface area contributed by atoms with Crippen LogP contribution in [0.4, 0.5) is 5.13 Å². The number of aliphatic hydroxyl groups is 1. The van der Waals surface area contributed by atoms with E-state index in [2.05, 4.69) is 25.5 Å². The number of methoxy groups -OCH3 is 1. The zero-order valence-corrected chi connectivity index (χ0v) is 20.0. The van der Waals surface area contributed by atoms with Gasteiger partial charge >= 0.3 is 0 Å². The largest absolute Gasteiger partial charge is 0.494 e. The molecule has 0 spiro atoms. The lowest BCUT2D eigenvalue weighted by atomic mass is 9.85. The molecule has 9 nitrogen and oxygen atoms in total. The number of rotatable bonds is 6. The SMILES string of the molecule is COc1cnc(Cl)cc1-c1cc(C)ncc1C(=O)Nc1nnc(O[C@H]2CCC[C@@](C)(O)C2)s1. The molecule has 1 aliphatic carbocycles. The Labute approximate surface area is 200 Å². The minimum absolute atomic E-state index is 0.137. The van der Waals surface area contributed by atoms with Gasteiger partial charge in [-0.15, -0.1) is 5.10 Å². The highest BCUT2D eigenvalue weighted by molar-refractivity contribution is 7.17. The summed E-state index contributed by atoms with van der Waals surface area (Å²) in [5.74, 6) is 0.0739. The number of nitrogens with one attached hydrogen (secondary N) is 1. The number of hydrogen-bond acceptors (Lipinski definition) is 9. The minimum atomic E-state index is -0.740. The van der Waals surface area contributed by atoms with Crippen LogP contribution in [0.15, 0.2) is 24.5 Å². The molecule has 33 heavy (non-hydrogen) atoms. The molecule has 2 N–H and O–H groups in total. The van der Waals surface area contributed by atoms with Crippen molar-refractivity contribution < 1.29 is 19.4 Å². The van der Waals surface area contributed by atoms with Gasteiger partial charge in [-0.25, -0.2) is 4.98 Å². The lowest BCUT2D eigenvalue weighted by Gasteiger charge is -2.33. The van der Waals surface area contributed by atoms with Gasteiger partial charge in [-0.3, -0.25) is 15.1 Å². The maximum atomic E-state index is 13.1. The van der Waals surface area contributed by atoms with Crippen LogP contribution >= 0.6 is 22.9 Å². The average Bonchev–Trinajstić information content (AvgIpc) is 3.19. The van der Waals surface area contributed by atoms with Gasteiger partial charge in [-0.05, 0) is 56.6 Å². The number of aromatic nitrogens is 4. The monoisotopic (exact) mass is 489 g/mol. The standard InChI is InChI=1S/C22H24ClN5O4S/c1-12-7-14(15-8-18(23)25-11-17(15)31-3)16(10-24-12)19(29)26-20-27-28-21(33-20)32-13-5-4-6-22(2,30)9-13/h7-8,10-11,13,30H,4-6,9H2,1-3H3,(H,26,27,29)/t13-,22+/m0/s1. The van der Waals surface area contributed by atoms with Gasteiger partial charge in [0, 0.05) is 29.4 Å². The Balaban J connectivity index is 1.54. The molecule has 2 atom stereocenters. The molecule has 1 fully saturated rings. The number of amides is 1. The Bertz CT molecular complexity index is 1170. The van der Waals surface area contributed by atoms with Crippen molar-refractivity contribution in [1.29, 1.82) is 0 Å². The molecule has 1 aliphatic rings. The van der Waals surface area contributed by atoms with Gasteiger partial charge in [-0.1, -0.05) is 16.7 Å². The van der Waals surface area contributed by atoms with Crippen LogP contribution < -0.4 is 14.8 Å². The Morgan fingerprint density at radius 3 is 2.85 bits per heavy atom. The second-order valence-electron chi connectivity index (χ2n) is 8.24. The maximum Gasteiger partial charge on any atom is 0.296 e. The molecule has 0 aromatic carbocycles. The van der Waals surface area contributed by atoms with Gasteiger partial charge in [0.15, 0.2) is 0 Å². The summed E-state index contributed by atoms with van der Waals surface area (Å²) >= 11 is 7.23. The molecule has 4 rings (SSSR count). The number of pyridine rings is 2. The first-order chi connectivity index (χ1) is 15.7. The zero-order chi connectivity index (χ0) is 23.6. The van der Waals surface area contributed by atoms with E-state index < -0.39 is 11.5 Å². The molecular weight excluding hydrogens is 466 g/mol. The van der Waals surface area contributed by atoms with Gasteiger partial charge in [0.05, 0.1) is 24.5 Å². The summed E-state index contributed by atoms with van der Waals surface area (Å²) < 4.78 is 11.3. The number of carbonyl (C=O) groups excluding carboxylic acids is 1. The first-order valence-corrected chi connectivity index (χ1v) is 11.6. The maximum absolute atomic E-state index is 13.1. The summed E-state index contributed by atoms with van der Waals surface area (Å²) in [7, 11) is 1.52. The topological polar surface area (TPSA) is 119 Å². The second kappa shape index (κ2) is 9.58. The predicted octanol–water partition coefficient (Wildman–Crippen LogP) is 4.29. The molecule has 0 bridgehead atoms. The Kier molecular flexibility index (Phi) is 6.78. The van der Waals surface area contributed by atoms with E-state index in [1.54, 1.807) is 12.1 Å². The van der Waals surface area contributed by atoms with E-state index in [1.165, 1.54) is 19.5 Å². The summed E-state index contributed by atoms with van der Waals surface area (Å²) in [5.41, 5.74) is 1.54. The molecule has 0 aliphatic heterocycles. The summed E-state index contributed by atoms with van der Waals surface area (Å²) in [4.78, 5) is 21.4. The fourth-order valence-corrected chi connectivity index (χ4v) is 4.69. The summed E-state index contributed by atoms with van der Waals surface area (Å²) in [5, 5.41) is 22.0. The first kappa shape index (κ1) is 23.3. The number of nitrogens with zero attached hydrogens (tertiary/aromatic N) is 4. The fourth-order valence-electron chi connectivity index (χ4n) is 3.87. The average molecular weight is 490 g/mol. The zero-order valence-electron chi connectivity index (χ0n) is 18.5. The van der Waals surface area contributed by atoms with Crippen LogP contribution in [0, 0.1) is 6.92 Å². The van der Waals surface area contributed by atoms with E-state index in [9.17, 15) is 9.90 Å². The molecule has 3 heterocycles. The molecule has 1 amide bonds. The highest BCUT2D eigenvalue weighted by atomic mass is 35.5. The third-order valence-electron chi connectivity index (χ3n) is 5.43. The van der Waals surface area contributed by atoms with Crippen LogP contribution in [0.25, 0.3) is 11.1 Å². The first-order valence-electron chi connectivity index (χ1n) is 10.4. The van der Waals surface area contributed by atoms with Crippen molar-refractivity contribution in [3.63, 3.8) is 0 Å². The van der Waals surface area contributed by atoms with Gasteiger partial charge in [0.1, 0.15) is 17.0 Å². The van der Waals surface area contributed by atoms with Crippen molar-refractivity contribution in [3.05, 3.63) is 40.9 Å². The third kappa shape index (κ3) is 5.58. The van der Waals surface area contributed by atoms with Crippen LogP contribution in [0.5, 0.6) is 10.9 Å². The Hall–Kier alpha value is -2.82. The molecule has 0 unspecified atom stereocenters. The van der Waals surface area contributed by atoms with Crippen LogP contribution in [0.3, 0.4) is 0 Å². The molecule has 3 aromatic rings. The van der Waals surface area contributed by atoms with Crippen LogP contribution in [-0.2, 0) is 0 Å². The number of halogens is 1. The second-order valence-corrected chi connectivity index (χ2v) is 9.57. The fraction of sp³-hybridized carbons (Fsp3) is 0.409. The van der Waals surface area contributed by atoms with Gasteiger partial charge < -0.3 is 14.6 Å². The van der Waals surface area contributed by atoms with E-state index in [0.29, 0.717) is 39.2 Å². The Morgan fingerprint density at radius 2 is 2.09 bits per heavy atom. The lowest BCUT2D eigenvalue weighted by Crippen LogP contribution is -2.37. The van der Waals surface area contributed by atoms with Gasteiger partial charge in [0.25, 0.3) is 11.1 Å². The normalized spacial score (nSPS) is 20.3. The van der Waals surface area contributed by atoms with E-state index in [-0.39, 0.29) is 11.3 Å². The van der Waals surface area contributed by atoms with E-state index >= 15 is 0 Å². The van der Waals surface area contributed by atoms with E-state index in [4.69, 9.17) is 21.1 Å². The van der Waals surface area contributed by atoms with Crippen molar-refractivity contribution in [3.8, 4) is 22.1 Å². The highest BCUT2D eigenvalue weighted by Gasteiger charge is 2.31. The predicted molar refractivity (Wildman–Crippen MR) is 125 cm³/mol. The number of anilines is 1. The van der Waals surface area contributed by atoms with Crippen molar-refractivity contribution in [2.75, 3.05) is 12.4 Å². The molecule has 174 valence electrons. The smallest absolute Gasteiger partial charge is 0.296 e. The number of aryl methyl sites for hydroxylation is 1. The van der Waals surface area contributed by atoms with Gasteiger partial charge in [0.2, 0.25) is 5.13 Å². The van der Waals surface area contributed by atoms with Crippen LogP contribution in [0.1, 0.15) is 48.7 Å². The van der Waals surface area contributed by atoms with Crippen molar-refractivity contribution in [2.45, 2.75) is 51.2 Å². The van der Waals surface area contributed by atoms with Gasteiger partial charge in [-0.2, -0.15) is 0 Å².